The number of benzene rings is 2. The molecule has 1 unspecified atom stereocenters. The molecule has 0 amide bonds. The maximum absolute atomic E-state index is 9.82. The van der Waals surface area contributed by atoms with E-state index in [0.29, 0.717) is 0 Å². The molecular formula is C17H21NO2. The highest BCUT2D eigenvalue weighted by Crippen LogP contribution is 2.27. The van der Waals surface area contributed by atoms with E-state index in [-0.39, 0.29) is 17.5 Å². The first-order chi connectivity index (χ1) is 9.58. The Morgan fingerprint density at radius 3 is 2.55 bits per heavy atom. The number of aromatic hydroxyl groups is 2. The Labute approximate surface area is 119 Å². The van der Waals surface area contributed by atoms with Gasteiger partial charge in [0.25, 0.3) is 0 Å². The molecule has 2 aromatic carbocycles. The summed E-state index contributed by atoms with van der Waals surface area (Å²) in [6.07, 6.45) is 0.954. The van der Waals surface area contributed by atoms with E-state index < -0.39 is 0 Å². The van der Waals surface area contributed by atoms with Crippen molar-refractivity contribution in [2.75, 3.05) is 6.54 Å². The van der Waals surface area contributed by atoms with Crippen molar-refractivity contribution in [2.45, 2.75) is 26.3 Å². The highest BCUT2D eigenvalue weighted by atomic mass is 16.3. The highest BCUT2D eigenvalue weighted by molar-refractivity contribution is 5.40. The molecule has 0 heterocycles. The summed E-state index contributed by atoms with van der Waals surface area (Å²) in [6, 6.07) is 13.1. The monoisotopic (exact) mass is 271 g/mol. The smallest absolute Gasteiger partial charge is 0.124 e. The normalized spacial score (nSPS) is 12.3. The van der Waals surface area contributed by atoms with Crippen LogP contribution in [0, 0.1) is 6.92 Å². The Kier molecular flexibility index (Phi) is 4.64. The zero-order valence-electron chi connectivity index (χ0n) is 11.9. The molecule has 2 aromatic rings. The summed E-state index contributed by atoms with van der Waals surface area (Å²) < 4.78 is 0. The predicted molar refractivity (Wildman–Crippen MR) is 81.1 cm³/mol. The lowest BCUT2D eigenvalue weighted by molar-refractivity contribution is 0.436. The number of hydrogen-bond acceptors (Lipinski definition) is 3. The van der Waals surface area contributed by atoms with Gasteiger partial charge in [0.05, 0.1) is 0 Å². The van der Waals surface area contributed by atoms with Crippen molar-refractivity contribution >= 4 is 0 Å². The second-order valence-electron chi connectivity index (χ2n) is 5.10. The number of phenolic OH excluding ortho intramolecular Hbond substituents is 2. The lowest BCUT2D eigenvalue weighted by atomic mass is 10.0. The van der Waals surface area contributed by atoms with Crippen LogP contribution in [0.4, 0.5) is 0 Å². The van der Waals surface area contributed by atoms with Crippen LogP contribution in [0.1, 0.15) is 29.7 Å². The van der Waals surface area contributed by atoms with Crippen molar-refractivity contribution < 1.29 is 10.2 Å². The molecule has 0 aliphatic rings. The van der Waals surface area contributed by atoms with E-state index in [4.69, 9.17) is 0 Å². The Morgan fingerprint density at radius 2 is 1.85 bits per heavy atom. The standard InChI is InChI=1S/C17H21NO2/c1-12-5-3-4-6-14(12)9-10-18-13(2)16-8-7-15(19)11-17(16)20/h3-8,11,13,18-20H,9-10H2,1-2H3. The summed E-state index contributed by atoms with van der Waals surface area (Å²) >= 11 is 0. The Morgan fingerprint density at radius 1 is 1.10 bits per heavy atom. The van der Waals surface area contributed by atoms with E-state index in [0.717, 1.165) is 18.5 Å². The van der Waals surface area contributed by atoms with E-state index >= 15 is 0 Å². The van der Waals surface area contributed by atoms with Crippen molar-refractivity contribution in [1.29, 1.82) is 0 Å². The maximum Gasteiger partial charge on any atom is 0.124 e. The SMILES string of the molecule is Cc1ccccc1CCNC(C)c1ccc(O)cc1O. The molecule has 0 spiro atoms. The van der Waals surface area contributed by atoms with Gasteiger partial charge in [0.2, 0.25) is 0 Å². The van der Waals surface area contributed by atoms with Gasteiger partial charge < -0.3 is 15.5 Å². The first-order valence-corrected chi connectivity index (χ1v) is 6.87. The minimum Gasteiger partial charge on any atom is -0.508 e. The third kappa shape index (κ3) is 3.52. The van der Waals surface area contributed by atoms with Gasteiger partial charge in [-0.15, -0.1) is 0 Å². The van der Waals surface area contributed by atoms with Crippen LogP contribution in [0.3, 0.4) is 0 Å². The lowest BCUT2D eigenvalue weighted by Gasteiger charge is -2.16. The summed E-state index contributed by atoms with van der Waals surface area (Å²) in [7, 11) is 0. The van der Waals surface area contributed by atoms with E-state index in [1.165, 1.54) is 17.2 Å². The van der Waals surface area contributed by atoms with Gasteiger partial charge in [0, 0.05) is 17.7 Å². The molecule has 0 saturated carbocycles. The largest absolute Gasteiger partial charge is 0.508 e. The molecule has 20 heavy (non-hydrogen) atoms. The molecule has 0 bridgehead atoms. The summed E-state index contributed by atoms with van der Waals surface area (Å²) in [4.78, 5) is 0. The quantitative estimate of drug-likeness (QED) is 0.782. The molecule has 0 saturated heterocycles. The zero-order valence-corrected chi connectivity index (χ0v) is 11.9. The number of hydrogen-bond donors (Lipinski definition) is 3. The summed E-state index contributed by atoms with van der Waals surface area (Å²) in [5.74, 6) is 0.208. The third-order valence-corrected chi connectivity index (χ3v) is 3.59. The van der Waals surface area contributed by atoms with Gasteiger partial charge >= 0.3 is 0 Å². The van der Waals surface area contributed by atoms with E-state index in [2.05, 4.69) is 30.4 Å². The van der Waals surface area contributed by atoms with Gasteiger partial charge in [-0.1, -0.05) is 30.3 Å². The van der Waals surface area contributed by atoms with E-state index in [9.17, 15) is 10.2 Å². The van der Waals surface area contributed by atoms with Crippen molar-refractivity contribution in [1.82, 2.24) is 5.32 Å². The van der Waals surface area contributed by atoms with Crippen LogP contribution in [0.25, 0.3) is 0 Å². The minimum absolute atomic E-state index is 0.0413. The Balaban J connectivity index is 1.92. The number of phenols is 2. The van der Waals surface area contributed by atoms with Crippen LogP contribution < -0.4 is 5.32 Å². The van der Waals surface area contributed by atoms with E-state index in [1.807, 2.05) is 13.0 Å². The molecule has 0 fully saturated rings. The minimum atomic E-state index is 0.0413. The van der Waals surface area contributed by atoms with Crippen molar-refractivity contribution in [3.63, 3.8) is 0 Å². The van der Waals surface area contributed by atoms with Crippen molar-refractivity contribution in [2.24, 2.45) is 0 Å². The van der Waals surface area contributed by atoms with E-state index in [1.54, 1.807) is 12.1 Å². The first-order valence-electron chi connectivity index (χ1n) is 6.87. The molecule has 0 aliphatic heterocycles. The topological polar surface area (TPSA) is 52.5 Å². The van der Waals surface area contributed by atoms with Crippen LogP contribution in [0.5, 0.6) is 11.5 Å². The Bertz CT molecular complexity index is 581. The number of rotatable bonds is 5. The molecule has 106 valence electrons. The van der Waals surface area contributed by atoms with Crippen molar-refractivity contribution in [3.8, 4) is 11.5 Å². The molecule has 0 radical (unpaired) electrons. The maximum atomic E-state index is 9.82. The van der Waals surface area contributed by atoms with Crippen LogP contribution >= 0.6 is 0 Å². The molecule has 3 nitrogen and oxygen atoms in total. The van der Waals surface area contributed by atoms with Gasteiger partial charge in [-0.3, -0.25) is 0 Å². The van der Waals surface area contributed by atoms with Gasteiger partial charge in [-0.05, 0) is 44.0 Å². The van der Waals surface area contributed by atoms with Crippen LogP contribution in [0.2, 0.25) is 0 Å². The second-order valence-corrected chi connectivity index (χ2v) is 5.10. The molecule has 0 aromatic heterocycles. The van der Waals surface area contributed by atoms with Gasteiger partial charge in [0.15, 0.2) is 0 Å². The average molecular weight is 271 g/mol. The van der Waals surface area contributed by atoms with Crippen LogP contribution in [-0.2, 0) is 6.42 Å². The fraction of sp³-hybridized carbons (Fsp3) is 0.294. The summed E-state index contributed by atoms with van der Waals surface area (Å²) in [5.41, 5.74) is 3.43. The second kappa shape index (κ2) is 6.44. The third-order valence-electron chi connectivity index (χ3n) is 3.59. The molecule has 2 rings (SSSR count). The highest BCUT2D eigenvalue weighted by Gasteiger charge is 2.10. The molecule has 1 atom stereocenters. The zero-order chi connectivity index (χ0) is 14.5. The summed E-state index contributed by atoms with van der Waals surface area (Å²) in [6.45, 7) is 4.96. The molecule has 3 N–H and O–H groups in total. The molecular weight excluding hydrogens is 250 g/mol. The fourth-order valence-electron chi connectivity index (χ4n) is 2.32. The lowest BCUT2D eigenvalue weighted by Crippen LogP contribution is -2.21. The van der Waals surface area contributed by atoms with Crippen LogP contribution in [-0.4, -0.2) is 16.8 Å². The predicted octanol–water partition coefficient (Wildman–Crippen LogP) is 3.30. The van der Waals surface area contributed by atoms with Gasteiger partial charge in [-0.25, -0.2) is 0 Å². The average Bonchev–Trinajstić information content (AvgIpc) is 2.40. The van der Waals surface area contributed by atoms with Crippen LogP contribution in [0.15, 0.2) is 42.5 Å². The number of aryl methyl sites for hydroxylation is 1. The molecule has 0 aliphatic carbocycles. The number of nitrogens with one attached hydrogen (secondary N) is 1. The van der Waals surface area contributed by atoms with Crippen molar-refractivity contribution in [3.05, 3.63) is 59.2 Å². The fourth-order valence-corrected chi connectivity index (χ4v) is 2.32. The Hall–Kier alpha value is -2.00. The van der Waals surface area contributed by atoms with Gasteiger partial charge in [-0.2, -0.15) is 0 Å². The summed E-state index contributed by atoms with van der Waals surface area (Å²) in [5, 5.41) is 22.5. The van der Waals surface area contributed by atoms with Gasteiger partial charge in [0.1, 0.15) is 11.5 Å². The molecule has 3 heteroatoms. The first kappa shape index (κ1) is 14.4.